The minimum atomic E-state index is -2.92. The normalized spacial score (nSPS) is 32.6. The molecule has 14 heavy (non-hydrogen) atoms. The van der Waals surface area contributed by atoms with Gasteiger partial charge >= 0.3 is 0 Å². The lowest BCUT2D eigenvalue weighted by Gasteiger charge is -2.46. The number of sulfone groups is 1. The monoisotopic (exact) mass is 219 g/mol. The van der Waals surface area contributed by atoms with E-state index in [9.17, 15) is 8.42 Å². The van der Waals surface area contributed by atoms with Crippen LogP contribution in [-0.2, 0) is 9.84 Å². The molecule has 0 bridgehead atoms. The molecular formula is C10H21NO2S. The molecule has 2 atom stereocenters. The summed E-state index contributed by atoms with van der Waals surface area (Å²) < 4.78 is 22.9. The molecule has 1 fully saturated rings. The molecule has 0 radical (unpaired) electrons. The molecule has 0 aromatic heterocycles. The van der Waals surface area contributed by atoms with Gasteiger partial charge in [-0.1, -0.05) is 13.8 Å². The lowest BCUT2D eigenvalue weighted by Crippen LogP contribution is -2.58. The number of nitrogens with one attached hydrogen (secondary N) is 1. The highest BCUT2D eigenvalue weighted by Crippen LogP contribution is 2.43. The maximum absolute atomic E-state index is 11.7. The molecule has 0 saturated heterocycles. The molecule has 0 aromatic rings. The summed E-state index contributed by atoms with van der Waals surface area (Å²) in [6, 6.07) is 0. The second kappa shape index (κ2) is 4.19. The van der Waals surface area contributed by atoms with E-state index < -0.39 is 14.6 Å². The molecule has 1 N–H and O–H groups in total. The molecule has 3 nitrogen and oxygen atoms in total. The molecular weight excluding hydrogens is 198 g/mol. The first kappa shape index (κ1) is 12.0. The van der Waals surface area contributed by atoms with Crippen molar-refractivity contribution in [1.29, 1.82) is 0 Å². The molecule has 84 valence electrons. The van der Waals surface area contributed by atoms with Gasteiger partial charge in [0.2, 0.25) is 0 Å². The summed E-state index contributed by atoms with van der Waals surface area (Å²) in [5.74, 6) is 0.307. The van der Waals surface area contributed by atoms with E-state index in [1.165, 1.54) is 6.26 Å². The fourth-order valence-corrected chi connectivity index (χ4v) is 3.88. The average Bonchev–Trinajstić information content (AvgIpc) is 2.07. The molecule has 0 aromatic carbocycles. The average molecular weight is 219 g/mol. The SMILES string of the molecule is CCCNCC1(S(C)(=O)=O)CCC1C. The van der Waals surface area contributed by atoms with Crippen molar-refractivity contribution in [3.8, 4) is 0 Å². The Morgan fingerprint density at radius 1 is 1.50 bits per heavy atom. The predicted octanol–water partition coefficient (Wildman–Crippen LogP) is 1.20. The van der Waals surface area contributed by atoms with Crippen molar-refractivity contribution in [2.24, 2.45) is 5.92 Å². The van der Waals surface area contributed by atoms with E-state index in [-0.39, 0.29) is 0 Å². The summed E-state index contributed by atoms with van der Waals surface area (Å²) in [7, 11) is -2.92. The molecule has 2 unspecified atom stereocenters. The maximum atomic E-state index is 11.7. The van der Waals surface area contributed by atoms with Gasteiger partial charge in [0.25, 0.3) is 0 Å². The van der Waals surface area contributed by atoms with E-state index in [1.807, 2.05) is 6.92 Å². The number of hydrogen-bond acceptors (Lipinski definition) is 3. The zero-order valence-electron chi connectivity index (χ0n) is 9.34. The van der Waals surface area contributed by atoms with Gasteiger partial charge in [-0.2, -0.15) is 0 Å². The molecule has 1 rings (SSSR count). The van der Waals surface area contributed by atoms with Gasteiger partial charge in [-0.25, -0.2) is 8.42 Å². The van der Waals surface area contributed by atoms with Crippen molar-refractivity contribution < 1.29 is 8.42 Å². The Bertz CT molecular complexity index is 286. The first-order valence-corrected chi connectivity index (χ1v) is 7.23. The van der Waals surface area contributed by atoms with Crippen molar-refractivity contribution in [3.63, 3.8) is 0 Å². The van der Waals surface area contributed by atoms with E-state index in [0.717, 1.165) is 25.8 Å². The second-order valence-electron chi connectivity index (χ2n) is 4.45. The van der Waals surface area contributed by atoms with Gasteiger partial charge in [0, 0.05) is 12.8 Å². The van der Waals surface area contributed by atoms with Crippen LogP contribution in [0.3, 0.4) is 0 Å². The molecule has 0 aliphatic heterocycles. The van der Waals surface area contributed by atoms with Gasteiger partial charge in [-0.15, -0.1) is 0 Å². The van der Waals surface area contributed by atoms with E-state index >= 15 is 0 Å². The molecule has 1 aliphatic rings. The van der Waals surface area contributed by atoms with Gasteiger partial charge in [-0.3, -0.25) is 0 Å². The zero-order valence-corrected chi connectivity index (χ0v) is 10.2. The standard InChI is InChI=1S/C10H21NO2S/c1-4-7-11-8-10(14(3,12)13)6-5-9(10)2/h9,11H,4-8H2,1-3H3. The minimum absolute atomic E-state index is 0.307. The van der Waals surface area contributed by atoms with Crippen molar-refractivity contribution in [1.82, 2.24) is 5.32 Å². The Morgan fingerprint density at radius 3 is 2.43 bits per heavy atom. The Morgan fingerprint density at radius 2 is 2.14 bits per heavy atom. The smallest absolute Gasteiger partial charge is 0.154 e. The highest BCUT2D eigenvalue weighted by atomic mass is 32.2. The predicted molar refractivity (Wildman–Crippen MR) is 59.1 cm³/mol. The first-order chi connectivity index (χ1) is 6.44. The van der Waals surface area contributed by atoms with E-state index in [4.69, 9.17) is 0 Å². The third kappa shape index (κ3) is 1.96. The van der Waals surface area contributed by atoms with Crippen molar-refractivity contribution in [3.05, 3.63) is 0 Å². The van der Waals surface area contributed by atoms with Gasteiger partial charge in [-0.05, 0) is 31.7 Å². The lowest BCUT2D eigenvalue weighted by molar-refractivity contribution is 0.217. The Balaban J connectivity index is 2.65. The van der Waals surface area contributed by atoms with Crippen LogP contribution in [-0.4, -0.2) is 32.5 Å². The van der Waals surface area contributed by atoms with E-state index in [1.54, 1.807) is 0 Å². The number of rotatable bonds is 5. The van der Waals surface area contributed by atoms with Crippen molar-refractivity contribution in [2.75, 3.05) is 19.3 Å². The Hall–Kier alpha value is -0.0900. The number of hydrogen-bond donors (Lipinski definition) is 1. The van der Waals surface area contributed by atoms with Gasteiger partial charge in [0.1, 0.15) is 0 Å². The van der Waals surface area contributed by atoms with Crippen molar-refractivity contribution >= 4 is 9.84 Å². The van der Waals surface area contributed by atoms with Crippen LogP contribution in [0.4, 0.5) is 0 Å². The summed E-state index contributed by atoms with van der Waals surface area (Å²) >= 11 is 0. The minimum Gasteiger partial charge on any atom is -0.315 e. The van der Waals surface area contributed by atoms with E-state index in [2.05, 4.69) is 12.2 Å². The summed E-state index contributed by atoms with van der Waals surface area (Å²) in [6.45, 7) is 5.66. The van der Waals surface area contributed by atoms with Gasteiger partial charge in [0.05, 0.1) is 4.75 Å². The van der Waals surface area contributed by atoms with Crippen LogP contribution in [0.5, 0.6) is 0 Å². The first-order valence-electron chi connectivity index (χ1n) is 5.34. The van der Waals surface area contributed by atoms with Crippen molar-refractivity contribution in [2.45, 2.75) is 37.9 Å². The molecule has 1 aliphatic carbocycles. The summed E-state index contributed by atoms with van der Waals surface area (Å²) in [4.78, 5) is 0. The van der Waals surface area contributed by atoms with Crippen LogP contribution >= 0.6 is 0 Å². The summed E-state index contributed by atoms with van der Waals surface area (Å²) in [5, 5.41) is 3.24. The molecule has 1 saturated carbocycles. The Kier molecular flexibility index (Phi) is 3.58. The van der Waals surface area contributed by atoms with Crippen LogP contribution < -0.4 is 5.32 Å². The topological polar surface area (TPSA) is 46.2 Å². The van der Waals surface area contributed by atoms with Crippen LogP contribution in [0.1, 0.15) is 33.1 Å². The summed E-state index contributed by atoms with van der Waals surface area (Å²) in [6.07, 6.45) is 4.29. The van der Waals surface area contributed by atoms with Crippen LogP contribution in [0.2, 0.25) is 0 Å². The third-order valence-electron chi connectivity index (χ3n) is 3.49. The van der Waals surface area contributed by atoms with Crippen LogP contribution in [0.15, 0.2) is 0 Å². The molecule has 0 amide bonds. The highest BCUT2D eigenvalue weighted by Gasteiger charge is 2.51. The Labute approximate surface area is 87.2 Å². The van der Waals surface area contributed by atoms with E-state index in [0.29, 0.717) is 12.5 Å². The second-order valence-corrected chi connectivity index (χ2v) is 6.81. The van der Waals surface area contributed by atoms with Crippen LogP contribution in [0, 0.1) is 5.92 Å². The molecule has 0 spiro atoms. The molecule has 4 heteroatoms. The molecule has 0 heterocycles. The van der Waals surface area contributed by atoms with Crippen LogP contribution in [0.25, 0.3) is 0 Å². The third-order valence-corrected chi connectivity index (χ3v) is 5.72. The largest absolute Gasteiger partial charge is 0.315 e. The highest BCUT2D eigenvalue weighted by molar-refractivity contribution is 7.92. The maximum Gasteiger partial charge on any atom is 0.154 e. The lowest BCUT2D eigenvalue weighted by atomic mass is 9.74. The van der Waals surface area contributed by atoms with Gasteiger partial charge in [0.15, 0.2) is 9.84 Å². The fraction of sp³-hybridized carbons (Fsp3) is 1.00. The van der Waals surface area contributed by atoms with Gasteiger partial charge < -0.3 is 5.32 Å². The fourth-order valence-electron chi connectivity index (χ4n) is 2.18. The summed E-state index contributed by atoms with van der Waals surface area (Å²) in [5.41, 5.74) is 0. The quantitative estimate of drug-likeness (QED) is 0.707. The zero-order chi connectivity index (χ0) is 10.8.